The molecule has 0 heterocycles. The van der Waals surface area contributed by atoms with E-state index in [1.165, 1.54) is 24.8 Å². The predicted octanol–water partition coefficient (Wildman–Crippen LogP) is 3.66. The predicted molar refractivity (Wildman–Crippen MR) is 81.2 cm³/mol. The smallest absolute Gasteiger partial charge is 0.219 e. The van der Waals surface area contributed by atoms with E-state index in [1.807, 2.05) is 19.2 Å². The largest absolute Gasteiger partial charge is 0.382 e. The molecule has 106 valence electrons. The fraction of sp³-hybridized carbons (Fsp3) is 0.562. The van der Waals surface area contributed by atoms with E-state index in [9.17, 15) is 4.79 Å². The minimum Gasteiger partial charge on any atom is -0.382 e. The lowest BCUT2D eigenvalue weighted by molar-refractivity contribution is -0.128. The van der Waals surface area contributed by atoms with Crippen molar-refractivity contribution in [1.82, 2.24) is 4.90 Å². The molecule has 0 bridgehead atoms. The Balaban J connectivity index is 2.70. The van der Waals surface area contributed by atoms with E-state index in [0.29, 0.717) is 12.6 Å². The van der Waals surface area contributed by atoms with Crippen LogP contribution in [0, 0.1) is 0 Å². The summed E-state index contributed by atoms with van der Waals surface area (Å²) >= 11 is 0. The molecule has 1 aromatic carbocycles. The molecule has 0 aliphatic rings. The first-order valence-corrected chi connectivity index (χ1v) is 7.10. The van der Waals surface area contributed by atoms with Gasteiger partial charge in [-0.05, 0) is 25.0 Å². The minimum atomic E-state index is 0.0915. The number of nitrogens with one attached hydrogen (secondary N) is 1. The third kappa shape index (κ3) is 5.33. The number of para-hydroxylation sites is 1. The van der Waals surface area contributed by atoms with Gasteiger partial charge in [-0.25, -0.2) is 0 Å². The molecule has 0 radical (unpaired) electrons. The maximum Gasteiger partial charge on any atom is 0.219 e. The van der Waals surface area contributed by atoms with Crippen LogP contribution in [-0.2, 0) is 11.3 Å². The second-order valence-corrected chi connectivity index (χ2v) is 5.22. The number of amides is 1. The average Bonchev–Trinajstić information content (AvgIpc) is 2.38. The lowest BCUT2D eigenvalue weighted by Gasteiger charge is -2.21. The van der Waals surface area contributed by atoms with Gasteiger partial charge in [0.2, 0.25) is 5.91 Å². The zero-order chi connectivity index (χ0) is 14.3. The molecule has 19 heavy (non-hydrogen) atoms. The molecule has 1 aromatic rings. The van der Waals surface area contributed by atoms with Gasteiger partial charge >= 0.3 is 0 Å². The van der Waals surface area contributed by atoms with Crippen LogP contribution in [0.2, 0.25) is 0 Å². The molecule has 0 fully saturated rings. The van der Waals surface area contributed by atoms with Crippen LogP contribution in [-0.4, -0.2) is 23.9 Å². The van der Waals surface area contributed by atoms with Gasteiger partial charge in [0.1, 0.15) is 0 Å². The summed E-state index contributed by atoms with van der Waals surface area (Å²) in [6.45, 7) is 6.67. The molecular formula is C16H26N2O. The van der Waals surface area contributed by atoms with Crippen molar-refractivity contribution in [2.24, 2.45) is 0 Å². The molecule has 1 amide bonds. The third-order valence-electron chi connectivity index (χ3n) is 3.36. The van der Waals surface area contributed by atoms with E-state index >= 15 is 0 Å². The summed E-state index contributed by atoms with van der Waals surface area (Å²) in [5.41, 5.74) is 2.31. The Hall–Kier alpha value is -1.51. The van der Waals surface area contributed by atoms with Gasteiger partial charge in [0.25, 0.3) is 0 Å². The van der Waals surface area contributed by atoms with Gasteiger partial charge in [-0.2, -0.15) is 0 Å². The average molecular weight is 262 g/mol. The van der Waals surface area contributed by atoms with Crippen molar-refractivity contribution in [3.8, 4) is 0 Å². The van der Waals surface area contributed by atoms with Gasteiger partial charge < -0.3 is 10.2 Å². The molecule has 1 unspecified atom stereocenters. The fourth-order valence-corrected chi connectivity index (χ4v) is 2.01. The number of hydrogen-bond donors (Lipinski definition) is 1. The Morgan fingerprint density at radius 2 is 2.05 bits per heavy atom. The van der Waals surface area contributed by atoms with Crippen LogP contribution in [0.15, 0.2) is 24.3 Å². The minimum absolute atomic E-state index is 0.0915. The van der Waals surface area contributed by atoms with E-state index < -0.39 is 0 Å². The van der Waals surface area contributed by atoms with E-state index in [0.717, 1.165) is 5.69 Å². The standard InChI is InChI=1S/C16H26N2O/c1-5-6-9-13(2)17-16-11-8-7-10-15(16)12-18(4)14(3)19/h7-8,10-11,13,17H,5-6,9,12H2,1-4H3. The SMILES string of the molecule is CCCCC(C)Nc1ccccc1CN(C)C(C)=O. The molecule has 0 spiro atoms. The maximum atomic E-state index is 11.3. The summed E-state index contributed by atoms with van der Waals surface area (Å²) in [6.07, 6.45) is 3.64. The molecule has 1 rings (SSSR count). The molecule has 1 N–H and O–H groups in total. The first kappa shape index (κ1) is 15.5. The van der Waals surface area contributed by atoms with Crippen LogP contribution in [0.25, 0.3) is 0 Å². The van der Waals surface area contributed by atoms with Crippen molar-refractivity contribution in [3.05, 3.63) is 29.8 Å². The fourth-order valence-electron chi connectivity index (χ4n) is 2.01. The normalized spacial score (nSPS) is 12.0. The number of carbonyl (C=O) groups is 1. The first-order chi connectivity index (χ1) is 9.04. The molecule has 1 atom stereocenters. The summed E-state index contributed by atoms with van der Waals surface area (Å²) in [6, 6.07) is 8.68. The molecule has 0 aliphatic carbocycles. The van der Waals surface area contributed by atoms with Gasteiger partial charge in [-0.3, -0.25) is 4.79 Å². The van der Waals surface area contributed by atoms with E-state index in [4.69, 9.17) is 0 Å². The van der Waals surface area contributed by atoms with Crippen molar-refractivity contribution in [2.75, 3.05) is 12.4 Å². The maximum absolute atomic E-state index is 11.3. The number of carbonyl (C=O) groups excluding carboxylic acids is 1. The van der Waals surface area contributed by atoms with Gasteiger partial charge in [0.15, 0.2) is 0 Å². The second-order valence-electron chi connectivity index (χ2n) is 5.22. The summed E-state index contributed by atoms with van der Waals surface area (Å²) in [7, 11) is 1.83. The summed E-state index contributed by atoms with van der Waals surface area (Å²) < 4.78 is 0. The van der Waals surface area contributed by atoms with Gasteiger partial charge in [-0.15, -0.1) is 0 Å². The number of hydrogen-bond acceptors (Lipinski definition) is 2. The molecule has 3 heteroatoms. The van der Waals surface area contributed by atoms with Crippen molar-refractivity contribution < 1.29 is 4.79 Å². The van der Waals surface area contributed by atoms with Crippen LogP contribution < -0.4 is 5.32 Å². The Kier molecular flexibility index (Phi) is 6.40. The monoisotopic (exact) mass is 262 g/mol. The lowest BCUT2D eigenvalue weighted by atomic mass is 10.1. The van der Waals surface area contributed by atoms with Crippen molar-refractivity contribution in [1.29, 1.82) is 0 Å². The third-order valence-corrected chi connectivity index (χ3v) is 3.36. The van der Waals surface area contributed by atoms with Crippen molar-refractivity contribution >= 4 is 11.6 Å². The van der Waals surface area contributed by atoms with Crippen molar-refractivity contribution in [2.45, 2.75) is 52.6 Å². The molecule has 0 saturated heterocycles. The molecule has 0 aliphatic heterocycles. The summed E-state index contributed by atoms with van der Waals surface area (Å²) in [4.78, 5) is 13.1. The Bertz CT molecular complexity index is 403. The van der Waals surface area contributed by atoms with Gasteiger partial charge in [-0.1, -0.05) is 38.0 Å². The van der Waals surface area contributed by atoms with Crippen LogP contribution in [0.4, 0.5) is 5.69 Å². The highest BCUT2D eigenvalue weighted by molar-refractivity contribution is 5.73. The van der Waals surface area contributed by atoms with E-state index in [2.05, 4.69) is 31.3 Å². The second kappa shape index (κ2) is 7.82. The Morgan fingerprint density at radius 3 is 2.68 bits per heavy atom. The molecule has 0 aromatic heterocycles. The van der Waals surface area contributed by atoms with E-state index in [1.54, 1.807) is 11.8 Å². The number of rotatable bonds is 7. The van der Waals surface area contributed by atoms with Crippen LogP contribution >= 0.6 is 0 Å². The number of benzene rings is 1. The first-order valence-electron chi connectivity index (χ1n) is 7.10. The highest BCUT2D eigenvalue weighted by atomic mass is 16.2. The lowest BCUT2D eigenvalue weighted by Crippen LogP contribution is -2.24. The van der Waals surface area contributed by atoms with Crippen LogP contribution in [0.1, 0.15) is 45.6 Å². The number of nitrogens with zero attached hydrogens (tertiary/aromatic N) is 1. The van der Waals surface area contributed by atoms with Crippen LogP contribution in [0.5, 0.6) is 0 Å². The molecule has 3 nitrogen and oxygen atoms in total. The number of unbranched alkanes of at least 4 members (excludes halogenated alkanes) is 1. The quantitative estimate of drug-likeness (QED) is 0.813. The zero-order valence-corrected chi connectivity index (χ0v) is 12.6. The summed E-state index contributed by atoms with van der Waals surface area (Å²) in [5.74, 6) is 0.0915. The Morgan fingerprint density at radius 1 is 1.37 bits per heavy atom. The van der Waals surface area contributed by atoms with Gasteiger partial charge in [0.05, 0.1) is 0 Å². The van der Waals surface area contributed by atoms with Crippen molar-refractivity contribution in [3.63, 3.8) is 0 Å². The zero-order valence-electron chi connectivity index (χ0n) is 12.6. The van der Waals surface area contributed by atoms with Gasteiger partial charge in [0, 0.05) is 32.2 Å². The van der Waals surface area contributed by atoms with Crippen LogP contribution in [0.3, 0.4) is 0 Å². The Labute approximate surface area is 117 Å². The number of anilines is 1. The topological polar surface area (TPSA) is 32.3 Å². The molecular weight excluding hydrogens is 236 g/mol. The highest BCUT2D eigenvalue weighted by Crippen LogP contribution is 2.19. The summed E-state index contributed by atoms with van der Waals surface area (Å²) in [5, 5.41) is 3.55. The molecule has 0 saturated carbocycles. The van der Waals surface area contributed by atoms with E-state index in [-0.39, 0.29) is 5.91 Å². The highest BCUT2D eigenvalue weighted by Gasteiger charge is 2.09.